The van der Waals surface area contributed by atoms with Crippen molar-refractivity contribution in [2.24, 2.45) is 5.41 Å². The topological polar surface area (TPSA) is 53.0 Å². The SMILES string of the molecule is CCC1(CO)CCN(C(=O)C2CN(C)CCO2)CC1. The van der Waals surface area contributed by atoms with Crippen LogP contribution in [-0.2, 0) is 9.53 Å². The molecule has 110 valence electrons. The van der Waals surface area contributed by atoms with Crippen LogP contribution < -0.4 is 0 Å². The molecule has 1 N–H and O–H groups in total. The Hall–Kier alpha value is -0.650. The van der Waals surface area contributed by atoms with Crippen LogP contribution >= 0.6 is 0 Å². The van der Waals surface area contributed by atoms with E-state index in [0.717, 1.165) is 38.9 Å². The van der Waals surface area contributed by atoms with Crippen LogP contribution in [0.2, 0.25) is 0 Å². The second-order valence-corrected chi connectivity index (χ2v) is 5.96. The lowest BCUT2D eigenvalue weighted by atomic mass is 9.77. The molecule has 2 aliphatic rings. The molecule has 1 atom stereocenters. The molecule has 0 aromatic carbocycles. The van der Waals surface area contributed by atoms with E-state index in [9.17, 15) is 9.90 Å². The maximum absolute atomic E-state index is 12.4. The van der Waals surface area contributed by atoms with Crippen molar-refractivity contribution >= 4 is 5.91 Å². The van der Waals surface area contributed by atoms with Crippen LogP contribution in [0.25, 0.3) is 0 Å². The second-order valence-electron chi connectivity index (χ2n) is 5.96. The number of hydrogen-bond acceptors (Lipinski definition) is 4. The third-order valence-corrected chi connectivity index (χ3v) is 4.77. The van der Waals surface area contributed by atoms with Crippen LogP contribution in [0.1, 0.15) is 26.2 Å². The molecule has 1 unspecified atom stereocenters. The van der Waals surface area contributed by atoms with Crippen molar-refractivity contribution in [2.75, 3.05) is 46.4 Å². The van der Waals surface area contributed by atoms with E-state index < -0.39 is 0 Å². The lowest BCUT2D eigenvalue weighted by Gasteiger charge is -2.42. The number of likely N-dealkylation sites (tertiary alicyclic amines) is 1. The highest BCUT2D eigenvalue weighted by Crippen LogP contribution is 2.34. The molecule has 1 amide bonds. The minimum absolute atomic E-state index is 0.0288. The highest BCUT2D eigenvalue weighted by molar-refractivity contribution is 5.81. The summed E-state index contributed by atoms with van der Waals surface area (Å²) in [5, 5.41) is 9.52. The molecule has 2 fully saturated rings. The lowest BCUT2D eigenvalue weighted by Crippen LogP contribution is -2.53. The summed E-state index contributed by atoms with van der Waals surface area (Å²) in [6.45, 7) is 6.06. The predicted octanol–water partition coefficient (Wildman–Crippen LogP) is 0.328. The third-order valence-electron chi connectivity index (χ3n) is 4.77. The van der Waals surface area contributed by atoms with E-state index in [1.807, 2.05) is 11.9 Å². The molecule has 0 spiro atoms. The standard InChI is InChI=1S/C14H26N2O3/c1-3-14(11-17)4-6-16(7-5-14)13(18)12-10-15(2)8-9-19-12/h12,17H,3-11H2,1-2H3. The highest BCUT2D eigenvalue weighted by Gasteiger charge is 2.36. The van der Waals surface area contributed by atoms with Gasteiger partial charge in [0, 0.05) is 32.8 Å². The van der Waals surface area contributed by atoms with Crippen molar-refractivity contribution in [3.63, 3.8) is 0 Å². The van der Waals surface area contributed by atoms with Gasteiger partial charge in [0.15, 0.2) is 0 Å². The van der Waals surface area contributed by atoms with Gasteiger partial charge in [0.2, 0.25) is 0 Å². The minimum Gasteiger partial charge on any atom is -0.396 e. The Kier molecular flexibility index (Phi) is 4.81. The number of amides is 1. The Morgan fingerprint density at radius 1 is 1.37 bits per heavy atom. The van der Waals surface area contributed by atoms with Gasteiger partial charge in [-0.05, 0) is 31.7 Å². The van der Waals surface area contributed by atoms with E-state index in [1.54, 1.807) is 0 Å². The van der Waals surface area contributed by atoms with Crippen molar-refractivity contribution in [1.82, 2.24) is 9.80 Å². The number of rotatable bonds is 3. The Bertz CT molecular complexity index is 308. The molecule has 0 aromatic rings. The summed E-state index contributed by atoms with van der Waals surface area (Å²) in [7, 11) is 2.02. The van der Waals surface area contributed by atoms with Crippen molar-refractivity contribution < 1.29 is 14.6 Å². The largest absolute Gasteiger partial charge is 0.396 e. The van der Waals surface area contributed by atoms with Crippen LogP contribution in [0.5, 0.6) is 0 Å². The van der Waals surface area contributed by atoms with E-state index >= 15 is 0 Å². The summed E-state index contributed by atoms with van der Waals surface area (Å²) in [6.07, 6.45) is 2.47. The van der Waals surface area contributed by atoms with Gasteiger partial charge in [-0.2, -0.15) is 0 Å². The number of piperidine rings is 1. The molecule has 0 bridgehead atoms. The van der Waals surface area contributed by atoms with E-state index in [-0.39, 0.29) is 24.0 Å². The van der Waals surface area contributed by atoms with Gasteiger partial charge in [0.25, 0.3) is 5.91 Å². The molecule has 5 nitrogen and oxygen atoms in total. The smallest absolute Gasteiger partial charge is 0.253 e. The molecule has 2 heterocycles. The molecule has 0 saturated carbocycles. The number of hydrogen-bond donors (Lipinski definition) is 1. The molecule has 0 aliphatic carbocycles. The average molecular weight is 270 g/mol. The van der Waals surface area contributed by atoms with Crippen molar-refractivity contribution in [3.8, 4) is 0 Å². The van der Waals surface area contributed by atoms with Gasteiger partial charge in [-0.25, -0.2) is 0 Å². The molecule has 19 heavy (non-hydrogen) atoms. The summed E-state index contributed by atoms with van der Waals surface area (Å²) in [6, 6.07) is 0. The zero-order valence-corrected chi connectivity index (χ0v) is 12.1. The summed E-state index contributed by atoms with van der Waals surface area (Å²) >= 11 is 0. The minimum atomic E-state index is -0.304. The first-order chi connectivity index (χ1) is 9.10. The quantitative estimate of drug-likeness (QED) is 0.803. The Labute approximate surface area is 115 Å². The summed E-state index contributed by atoms with van der Waals surface area (Å²) in [4.78, 5) is 16.4. The molecule has 0 aromatic heterocycles. The van der Waals surface area contributed by atoms with Crippen molar-refractivity contribution in [1.29, 1.82) is 0 Å². The maximum Gasteiger partial charge on any atom is 0.253 e. The zero-order valence-electron chi connectivity index (χ0n) is 12.1. The number of nitrogens with zero attached hydrogens (tertiary/aromatic N) is 2. The van der Waals surface area contributed by atoms with Crippen LogP contribution in [-0.4, -0.2) is 73.4 Å². The molecular formula is C14H26N2O3. The first-order valence-electron chi connectivity index (χ1n) is 7.30. The average Bonchev–Trinajstić information content (AvgIpc) is 2.46. The molecule has 0 radical (unpaired) electrons. The lowest BCUT2D eigenvalue weighted by molar-refractivity contribution is -0.151. The number of morpholine rings is 1. The normalized spacial score (nSPS) is 28.4. The van der Waals surface area contributed by atoms with Crippen LogP contribution in [0.3, 0.4) is 0 Å². The molecule has 2 saturated heterocycles. The van der Waals surface area contributed by atoms with Gasteiger partial charge in [-0.3, -0.25) is 4.79 Å². The zero-order chi connectivity index (χ0) is 13.9. The van der Waals surface area contributed by atoms with Crippen molar-refractivity contribution in [3.05, 3.63) is 0 Å². The van der Waals surface area contributed by atoms with Crippen LogP contribution in [0.4, 0.5) is 0 Å². The first-order valence-corrected chi connectivity index (χ1v) is 7.30. The third kappa shape index (κ3) is 3.27. The van der Waals surface area contributed by atoms with Gasteiger partial charge < -0.3 is 19.6 Å². The van der Waals surface area contributed by atoms with Gasteiger partial charge in [0.1, 0.15) is 6.10 Å². The summed E-state index contributed by atoms with van der Waals surface area (Å²) in [5.74, 6) is 0.120. The number of aliphatic hydroxyl groups excluding tert-OH is 1. The fraction of sp³-hybridized carbons (Fsp3) is 0.929. The molecular weight excluding hydrogens is 244 g/mol. The first kappa shape index (κ1) is 14.8. The van der Waals surface area contributed by atoms with Crippen LogP contribution in [0, 0.1) is 5.41 Å². The Morgan fingerprint density at radius 3 is 2.58 bits per heavy atom. The number of carbonyl (C=O) groups excluding carboxylic acids is 1. The number of ether oxygens (including phenoxy) is 1. The Balaban J connectivity index is 1.88. The van der Waals surface area contributed by atoms with Gasteiger partial charge in [0.05, 0.1) is 6.61 Å². The Morgan fingerprint density at radius 2 is 2.05 bits per heavy atom. The van der Waals surface area contributed by atoms with E-state index in [0.29, 0.717) is 13.2 Å². The number of likely N-dealkylation sites (N-methyl/N-ethyl adjacent to an activating group) is 1. The van der Waals surface area contributed by atoms with E-state index in [2.05, 4.69) is 11.8 Å². The predicted molar refractivity (Wildman–Crippen MR) is 72.9 cm³/mol. The summed E-state index contributed by atoms with van der Waals surface area (Å²) < 4.78 is 5.59. The highest BCUT2D eigenvalue weighted by atomic mass is 16.5. The van der Waals surface area contributed by atoms with Gasteiger partial charge >= 0.3 is 0 Å². The number of aliphatic hydroxyl groups is 1. The van der Waals surface area contributed by atoms with Gasteiger partial charge in [-0.15, -0.1) is 0 Å². The van der Waals surface area contributed by atoms with E-state index in [4.69, 9.17) is 4.74 Å². The molecule has 5 heteroatoms. The monoisotopic (exact) mass is 270 g/mol. The number of carbonyl (C=O) groups is 1. The fourth-order valence-electron chi connectivity index (χ4n) is 2.96. The van der Waals surface area contributed by atoms with Gasteiger partial charge in [-0.1, -0.05) is 6.92 Å². The van der Waals surface area contributed by atoms with E-state index in [1.165, 1.54) is 0 Å². The molecule has 2 aliphatic heterocycles. The maximum atomic E-state index is 12.4. The van der Waals surface area contributed by atoms with Crippen molar-refractivity contribution in [2.45, 2.75) is 32.3 Å². The van der Waals surface area contributed by atoms with Crippen LogP contribution in [0.15, 0.2) is 0 Å². The fourth-order valence-corrected chi connectivity index (χ4v) is 2.96. The second kappa shape index (κ2) is 6.20. The molecule has 2 rings (SSSR count). The summed E-state index contributed by atoms with van der Waals surface area (Å²) in [5.41, 5.74) is 0.0288.